The van der Waals surface area contributed by atoms with Crippen LogP contribution in [-0.4, -0.2) is 57.0 Å². The van der Waals surface area contributed by atoms with Crippen LogP contribution >= 0.6 is 0 Å². The van der Waals surface area contributed by atoms with Crippen molar-refractivity contribution in [1.82, 2.24) is 9.21 Å². The van der Waals surface area contributed by atoms with Gasteiger partial charge in [0, 0.05) is 32.7 Å². The van der Waals surface area contributed by atoms with Gasteiger partial charge in [-0.25, -0.2) is 12.8 Å². The van der Waals surface area contributed by atoms with Crippen molar-refractivity contribution >= 4 is 10.0 Å². The molecule has 2 aliphatic heterocycles. The Morgan fingerprint density at radius 1 is 0.933 bits per heavy atom. The third-order valence-corrected chi connectivity index (χ3v) is 7.96. The van der Waals surface area contributed by atoms with Gasteiger partial charge < -0.3 is 4.74 Å². The number of morpholine rings is 1. The van der Waals surface area contributed by atoms with Crippen molar-refractivity contribution in [2.75, 3.05) is 39.4 Å². The molecule has 2 fully saturated rings. The zero-order valence-corrected chi connectivity index (χ0v) is 18.0. The summed E-state index contributed by atoms with van der Waals surface area (Å²) in [4.78, 5) is 2.45. The number of sulfonamides is 1. The first-order valence-corrected chi connectivity index (χ1v) is 12.1. The first-order chi connectivity index (χ1) is 14.5. The summed E-state index contributed by atoms with van der Waals surface area (Å²) in [6.07, 6.45) is 2.61. The van der Waals surface area contributed by atoms with Gasteiger partial charge in [-0.1, -0.05) is 30.3 Å². The van der Waals surface area contributed by atoms with E-state index in [9.17, 15) is 12.8 Å². The molecule has 2 aromatic carbocycles. The highest BCUT2D eigenvalue weighted by Gasteiger charge is 2.29. The summed E-state index contributed by atoms with van der Waals surface area (Å²) in [5.41, 5.74) is 2.61. The molecule has 0 aliphatic carbocycles. The molecule has 5 nitrogen and oxygen atoms in total. The summed E-state index contributed by atoms with van der Waals surface area (Å²) < 4.78 is 45.8. The Morgan fingerprint density at radius 2 is 1.60 bits per heavy atom. The number of nitrogens with zero attached hydrogens (tertiary/aromatic N) is 2. The molecule has 0 aromatic heterocycles. The number of halogens is 1. The highest BCUT2D eigenvalue weighted by atomic mass is 32.2. The molecule has 0 unspecified atom stereocenters. The zero-order chi connectivity index (χ0) is 21.0. The summed E-state index contributed by atoms with van der Waals surface area (Å²) in [5.74, 6) is -0.0583. The van der Waals surface area contributed by atoms with Crippen LogP contribution in [0.1, 0.15) is 24.0 Å². The fourth-order valence-corrected chi connectivity index (χ4v) is 5.76. The monoisotopic (exact) mass is 432 g/mol. The van der Waals surface area contributed by atoms with Crippen molar-refractivity contribution < 1.29 is 17.5 Å². The van der Waals surface area contributed by atoms with Crippen molar-refractivity contribution in [2.24, 2.45) is 5.92 Å². The number of benzene rings is 2. The molecule has 0 amide bonds. The van der Waals surface area contributed by atoms with Crippen molar-refractivity contribution in [3.8, 4) is 0 Å². The second kappa shape index (κ2) is 9.56. The molecule has 0 atom stereocenters. The van der Waals surface area contributed by atoms with E-state index in [0.29, 0.717) is 19.0 Å². The molecule has 0 N–H and O–H groups in total. The van der Waals surface area contributed by atoms with Crippen LogP contribution in [0.2, 0.25) is 0 Å². The van der Waals surface area contributed by atoms with E-state index in [1.54, 1.807) is 0 Å². The third-order valence-electron chi connectivity index (χ3n) is 6.06. The molecule has 0 spiro atoms. The van der Waals surface area contributed by atoms with Gasteiger partial charge in [0.05, 0.1) is 18.1 Å². The Morgan fingerprint density at radius 3 is 2.27 bits per heavy atom. The molecule has 2 heterocycles. The average molecular weight is 433 g/mol. The third kappa shape index (κ3) is 5.27. The summed E-state index contributed by atoms with van der Waals surface area (Å²) in [6.45, 7) is 5.52. The van der Waals surface area contributed by atoms with Gasteiger partial charge in [-0.05, 0) is 54.5 Å². The minimum absolute atomic E-state index is 0.0387. The van der Waals surface area contributed by atoms with E-state index >= 15 is 0 Å². The van der Waals surface area contributed by atoms with Gasteiger partial charge in [-0.3, -0.25) is 4.90 Å². The molecule has 162 valence electrons. The quantitative estimate of drug-likeness (QED) is 0.703. The van der Waals surface area contributed by atoms with Crippen LogP contribution in [0.3, 0.4) is 0 Å². The Labute approximate surface area is 178 Å². The molecular weight excluding hydrogens is 403 g/mol. The summed E-state index contributed by atoms with van der Waals surface area (Å²) in [5, 5.41) is 0. The Balaban J connectivity index is 1.29. The predicted molar refractivity (Wildman–Crippen MR) is 114 cm³/mol. The molecule has 0 saturated carbocycles. The van der Waals surface area contributed by atoms with Gasteiger partial charge >= 0.3 is 0 Å². The molecule has 7 heteroatoms. The van der Waals surface area contributed by atoms with Crippen molar-refractivity contribution in [3.63, 3.8) is 0 Å². The summed E-state index contributed by atoms with van der Waals surface area (Å²) >= 11 is 0. The Bertz CT molecular complexity index is 935. The van der Waals surface area contributed by atoms with Crippen LogP contribution in [0.25, 0.3) is 0 Å². The molecular formula is C23H29FN2O3S. The maximum Gasteiger partial charge on any atom is 0.243 e. The van der Waals surface area contributed by atoms with Gasteiger partial charge in [-0.15, -0.1) is 0 Å². The van der Waals surface area contributed by atoms with E-state index in [4.69, 9.17) is 4.74 Å². The summed E-state index contributed by atoms with van der Waals surface area (Å²) in [7, 11) is -3.62. The van der Waals surface area contributed by atoms with E-state index in [-0.39, 0.29) is 4.90 Å². The van der Waals surface area contributed by atoms with E-state index in [0.717, 1.165) is 58.2 Å². The average Bonchev–Trinajstić information content (AvgIpc) is 2.76. The van der Waals surface area contributed by atoms with Gasteiger partial charge in [0.2, 0.25) is 10.0 Å². The smallest absolute Gasteiger partial charge is 0.243 e. The number of hydrogen-bond donors (Lipinski definition) is 0. The van der Waals surface area contributed by atoms with Gasteiger partial charge in [0.1, 0.15) is 5.82 Å². The van der Waals surface area contributed by atoms with Crippen molar-refractivity contribution in [1.29, 1.82) is 0 Å². The normalized spacial score (nSPS) is 19.8. The maximum absolute atomic E-state index is 13.4. The Hall–Kier alpha value is -1.80. The SMILES string of the molecule is O=S(=O)(c1cccc(F)c1)N1CCC(Cc2ccc(CN3CCOCC3)cc2)CC1. The minimum Gasteiger partial charge on any atom is -0.379 e. The van der Waals surface area contributed by atoms with Crippen LogP contribution in [0.5, 0.6) is 0 Å². The van der Waals surface area contributed by atoms with Crippen LogP contribution in [-0.2, 0) is 27.7 Å². The van der Waals surface area contributed by atoms with Crippen LogP contribution in [0, 0.1) is 11.7 Å². The predicted octanol–water partition coefficient (Wildman–Crippen LogP) is 3.30. The van der Waals surface area contributed by atoms with Gasteiger partial charge in [0.25, 0.3) is 0 Å². The second-order valence-electron chi connectivity index (χ2n) is 8.21. The lowest BCUT2D eigenvalue weighted by Gasteiger charge is -2.31. The van der Waals surface area contributed by atoms with Gasteiger partial charge in [-0.2, -0.15) is 4.31 Å². The van der Waals surface area contributed by atoms with Crippen molar-refractivity contribution in [2.45, 2.75) is 30.7 Å². The zero-order valence-electron chi connectivity index (χ0n) is 17.2. The first-order valence-electron chi connectivity index (χ1n) is 10.6. The maximum atomic E-state index is 13.4. The number of piperidine rings is 1. The van der Waals surface area contributed by atoms with E-state index in [1.165, 1.54) is 33.6 Å². The highest BCUT2D eigenvalue weighted by Crippen LogP contribution is 2.26. The van der Waals surface area contributed by atoms with Crippen molar-refractivity contribution in [3.05, 3.63) is 65.5 Å². The first kappa shape index (κ1) is 21.4. The molecule has 2 saturated heterocycles. The molecule has 0 bridgehead atoms. The van der Waals surface area contributed by atoms with Crippen LogP contribution < -0.4 is 0 Å². The second-order valence-corrected chi connectivity index (χ2v) is 10.2. The fraction of sp³-hybridized carbons (Fsp3) is 0.478. The standard InChI is InChI=1S/C23H29FN2O3S/c24-22-2-1-3-23(17-22)30(27,28)26-10-8-20(9-11-26)16-19-4-6-21(7-5-19)18-25-12-14-29-15-13-25/h1-7,17,20H,8-16,18H2. The molecule has 0 radical (unpaired) electrons. The van der Waals surface area contributed by atoms with Crippen LogP contribution in [0.4, 0.5) is 4.39 Å². The lowest BCUT2D eigenvalue weighted by atomic mass is 9.91. The topological polar surface area (TPSA) is 49.9 Å². The molecule has 30 heavy (non-hydrogen) atoms. The van der Waals surface area contributed by atoms with E-state index in [1.807, 2.05) is 0 Å². The number of ether oxygens (including phenoxy) is 1. The summed E-state index contributed by atoms with van der Waals surface area (Å²) in [6, 6.07) is 14.1. The molecule has 4 rings (SSSR count). The largest absolute Gasteiger partial charge is 0.379 e. The van der Waals surface area contributed by atoms with Crippen LogP contribution in [0.15, 0.2) is 53.4 Å². The van der Waals surface area contributed by atoms with Gasteiger partial charge in [0.15, 0.2) is 0 Å². The minimum atomic E-state index is -3.62. The lowest BCUT2D eigenvalue weighted by molar-refractivity contribution is 0.0342. The lowest BCUT2D eigenvalue weighted by Crippen LogP contribution is -2.38. The van der Waals surface area contributed by atoms with E-state index in [2.05, 4.69) is 29.2 Å². The molecule has 2 aliphatic rings. The van der Waals surface area contributed by atoms with E-state index < -0.39 is 15.8 Å². The fourth-order valence-electron chi connectivity index (χ4n) is 4.26. The number of rotatable bonds is 6. The molecule has 2 aromatic rings. The Kier molecular flexibility index (Phi) is 6.83. The number of hydrogen-bond acceptors (Lipinski definition) is 4. The highest BCUT2D eigenvalue weighted by molar-refractivity contribution is 7.89.